The first-order chi connectivity index (χ1) is 9.37. The van der Waals surface area contributed by atoms with Crippen LogP contribution in [0.5, 0.6) is 5.75 Å². The van der Waals surface area contributed by atoms with Crippen molar-refractivity contribution in [2.75, 3.05) is 13.1 Å². The SMILES string of the molecule is CC(C)(C)OC(=O)N1CC=C(c2ncccc2O)CC1. The second-order valence-corrected chi connectivity index (χ2v) is 5.78. The molecule has 1 aromatic heterocycles. The molecule has 0 bridgehead atoms. The maximum Gasteiger partial charge on any atom is 0.410 e. The first-order valence-corrected chi connectivity index (χ1v) is 6.68. The molecular formula is C15H20N2O3. The highest BCUT2D eigenvalue weighted by molar-refractivity contribution is 5.73. The lowest BCUT2D eigenvalue weighted by molar-refractivity contribution is 0.0270. The molecule has 0 radical (unpaired) electrons. The number of hydrogen-bond donors (Lipinski definition) is 1. The summed E-state index contributed by atoms with van der Waals surface area (Å²) >= 11 is 0. The molecular weight excluding hydrogens is 256 g/mol. The van der Waals surface area contributed by atoms with Crippen LogP contribution in [0.25, 0.3) is 5.57 Å². The molecule has 0 saturated carbocycles. The summed E-state index contributed by atoms with van der Waals surface area (Å²) in [7, 11) is 0. The number of hydrogen-bond acceptors (Lipinski definition) is 4. The summed E-state index contributed by atoms with van der Waals surface area (Å²) in [4.78, 5) is 17.8. The molecule has 1 N–H and O–H groups in total. The van der Waals surface area contributed by atoms with Gasteiger partial charge in [0.25, 0.3) is 0 Å². The van der Waals surface area contributed by atoms with Crippen molar-refractivity contribution in [3.8, 4) is 5.75 Å². The Kier molecular flexibility index (Phi) is 3.97. The largest absolute Gasteiger partial charge is 0.506 e. The van der Waals surface area contributed by atoms with Crippen LogP contribution in [0.15, 0.2) is 24.4 Å². The maximum absolute atomic E-state index is 11.9. The van der Waals surface area contributed by atoms with E-state index in [1.165, 1.54) is 0 Å². The van der Waals surface area contributed by atoms with Crippen molar-refractivity contribution < 1.29 is 14.6 Å². The molecule has 5 heteroatoms. The van der Waals surface area contributed by atoms with Gasteiger partial charge in [0, 0.05) is 19.3 Å². The molecule has 5 nitrogen and oxygen atoms in total. The van der Waals surface area contributed by atoms with Crippen LogP contribution in [0.1, 0.15) is 32.9 Å². The average Bonchev–Trinajstić information content (AvgIpc) is 2.37. The van der Waals surface area contributed by atoms with Crippen molar-refractivity contribution in [1.82, 2.24) is 9.88 Å². The van der Waals surface area contributed by atoms with Gasteiger partial charge in [0.2, 0.25) is 0 Å². The average molecular weight is 276 g/mol. The number of aromatic hydroxyl groups is 1. The Balaban J connectivity index is 2.04. The molecule has 0 spiro atoms. The number of carbonyl (C=O) groups excluding carboxylic acids is 1. The Morgan fingerprint density at radius 3 is 2.75 bits per heavy atom. The molecule has 1 aliphatic rings. The summed E-state index contributed by atoms with van der Waals surface area (Å²) in [5.41, 5.74) is 1.07. The number of carbonyl (C=O) groups is 1. The third kappa shape index (κ3) is 3.50. The van der Waals surface area contributed by atoms with Gasteiger partial charge in [0.15, 0.2) is 0 Å². The molecule has 108 valence electrons. The Morgan fingerprint density at radius 2 is 2.20 bits per heavy atom. The standard InChI is InChI=1S/C15H20N2O3/c1-15(2,3)20-14(19)17-9-6-11(7-10-17)13-12(18)5-4-8-16-13/h4-6,8,18H,7,9-10H2,1-3H3. The highest BCUT2D eigenvalue weighted by Gasteiger charge is 2.24. The lowest BCUT2D eigenvalue weighted by Crippen LogP contribution is -2.39. The number of nitrogens with zero attached hydrogens (tertiary/aromatic N) is 2. The molecule has 2 rings (SSSR count). The molecule has 2 heterocycles. The van der Waals surface area contributed by atoms with Crippen molar-refractivity contribution >= 4 is 11.7 Å². The minimum atomic E-state index is -0.486. The van der Waals surface area contributed by atoms with E-state index in [-0.39, 0.29) is 11.8 Å². The van der Waals surface area contributed by atoms with Gasteiger partial charge >= 0.3 is 6.09 Å². The number of pyridine rings is 1. The van der Waals surface area contributed by atoms with E-state index in [0.717, 1.165) is 5.57 Å². The minimum absolute atomic E-state index is 0.171. The summed E-state index contributed by atoms with van der Waals surface area (Å²) < 4.78 is 5.33. The van der Waals surface area contributed by atoms with Gasteiger partial charge in [-0.1, -0.05) is 6.08 Å². The molecule has 1 aromatic rings. The smallest absolute Gasteiger partial charge is 0.410 e. The monoisotopic (exact) mass is 276 g/mol. The number of amides is 1. The predicted molar refractivity (Wildman–Crippen MR) is 76.3 cm³/mol. The fraction of sp³-hybridized carbons (Fsp3) is 0.467. The molecule has 0 saturated heterocycles. The van der Waals surface area contributed by atoms with Crippen LogP contribution in [0.4, 0.5) is 4.79 Å². The zero-order valence-electron chi connectivity index (χ0n) is 12.1. The molecule has 0 fully saturated rings. The maximum atomic E-state index is 11.9. The zero-order chi connectivity index (χ0) is 14.8. The summed E-state index contributed by atoms with van der Waals surface area (Å²) in [5, 5.41) is 9.78. The minimum Gasteiger partial charge on any atom is -0.506 e. The number of ether oxygens (including phenoxy) is 1. The second kappa shape index (κ2) is 5.53. The second-order valence-electron chi connectivity index (χ2n) is 5.78. The van der Waals surface area contributed by atoms with E-state index in [2.05, 4.69) is 4.98 Å². The third-order valence-corrected chi connectivity index (χ3v) is 2.95. The highest BCUT2D eigenvalue weighted by atomic mass is 16.6. The molecule has 0 unspecified atom stereocenters. The van der Waals surface area contributed by atoms with Crippen LogP contribution in [0.3, 0.4) is 0 Å². The van der Waals surface area contributed by atoms with Gasteiger partial charge in [0.05, 0.1) is 0 Å². The Morgan fingerprint density at radius 1 is 1.45 bits per heavy atom. The van der Waals surface area contributed by atoms with E-state index < -0.39 is 5.60 Å². The predicted octanol–water partition coefficient (Wildman–Crippen LogP) is 2.81. The normalized spacial score (nSPS) is 15.8. The van der Waals surface area contributed by atoms with E-state index in [0.29, 0.717) is 25.2 Å². The van der Waals surface area contributed by atoms with Crippen molar-refractivity contribution in [3.05, 3.63) is 30.1 Å². The zero-order valence-corrected chi connectivity index (χ0v) is 12.1. The van der Waals surface area contributed by atoms with Crippen molar-refractivity contribution in [1.29, 1.82) is 0 Å². The molecule has 1 amide bonds. The quantitative estimate of drug-likeness (QED) is 0.856. The molecule has 0 aromatic carbocycles. The van der Waals surface area contributed by atoms with Crippen LogP contribution >= 0.6 is 0 Å². The van der Waals surface area contributed by atoms with Gasteiger partial charge in [-0.25, -0.2) is 4.79 Å². The summed E-state index contributed by atoms with van der Waals surface area (Å²) in [6.07, 6.45) is 3.91. The van der Waals surface area contributed by atoms with Gasteiger partial charge < -0.3 is 14.7 Å². The van der Waals surface area contributed by atoms with E-state index in [4.69, 9.17) is 4.74 Å². The highest BCUT2D eigenvalue weighted by Crippen LogP contribution is 2.27. The lowest BCUT2D eigenvalue weighted by Gasteiger charge is -2.29. The van der Waals surface area contributed by atoms with Gasteiger partial charge in [0.1, 0.15) is 17.0 Å². The molecule has 20 heavy (non-hydrogen) atoms. The number of aromatic nitrogens is 1. The number of rotatable bonds is 1. The third-order valence-electron chi connectivity index (χ3n) is 2.95. The van der Waals surface area contributed by atoms with Crippen LogP contribution in [-0.4, -0.2) is 39.8 Å². The van der Waals surface area contributed by atoms with E-state index in [1.54, 1.807) is 23.2 Å². The van der Waals surface area contributed by atoms with E-state index in [1.807, 2.05) is 26.8 Å². The summed E-state index contributed by atoms with van der Waals surface area (Å²) in [6, 6.07) is 3.30. The van der Waals surface area contributed by atoms with E-state index in [9.17, 15) is 9.90 Å². The van der Waals surface area contributed by atoms with Crippen LogP contribution in [-0.2, 0) is 4.74 Å². The fourth-order valence-electron chi connectivity index (χ4n) is 2.02. The Labute approximate surface area is 118 Å². The van der Waals surface area contributed by atoms with Crippen LogP contribution < -0.4 is 0 Å². The van der Waals surface area contributed by atoms with Gasteiger partial charge in [-0.3, -0.25) is 4.98 Å². The van der Waals surface area contributed by atoms with Gasteiger partial charge in [-0.15, -0.1) is 0 Å². The van der Waals surface area contributed by atoms with Gasteiger partial charge in [-0.05, 0) is 44.9 Å². The van der Waals surface area contributed by atoms with Crippen molar-refractivity contribution in [2.24, 2.45) is 0 Å². The first kappa shape index (κ1) is 14.4. The van der Waals surface area contributed by atoms with E-state index >= 15 is 0 Å². The first-order valence-electron chi connectivity index (χ1n) is 6.68. The molecule has 1 aliphatic heterocycles. The van der Waals surface area contributed by atoms with Gasteiger partial charge in [-0.2, -0.15) is 0 Å². The Bertz CT molecular complexity index is 532. The van der Waals surface area contributed by atoms with Crippen molar-refractivity contribution in [3.63, 3.8) is 0 Å². The Hall–Kier alpha value is -2.04. The summed E-state index contributed by atoms with van der Waals surface area (Å²) in [6.45, 7) is 6.59. The molecule has 0 aliphatic carbocycles. The molecule has 0 atom stereocenters. The van der Waals surface area contributed by atoms with Crippen LogP contribution in [0.2, 0.25) is 0 Å². The fourth-order valence-corrected chi connectivity index (χ4v) is 2.02. The van der Waals surface area contributed by atoms with Crippen LogP contribution in [0, 0.1) is 0 Å². The van der Waals surface area contributed by atoms with Crippen molar-refractivity contribution in [2.45, 2.75) is 32.8 Å². The summed E-state index contributed by atoms with van der Waals surface area (Å²) in [5.74, 6) is 0.171. The lowest BCUT2D eigenvalue weighted by atomic mass is 10.0. The topological polar surface area (TPSA) is 62.7 Å².